The summed E-state index contributed by atoms with van der Waals surface area (Å²) in [6.45, 7) is 0.781. The van der Waals surface area contributed by atoms with E-state index in [0.29, 0.717) is 0 Å². The van der Waals surface area contributed by atoms with E-state index in [0.717, 1.165) is 22.5 Å². The molecule has 0 saturated carbocycles. The monoisotopic (exact) mass is 297 g/mol. The molecule has 84 valence electrons. The second-order valence-electron chi connectivity index (χ2n) is 3.25. The van der Waals surface area contributed by atoms with Crippen molar-refractivity contribution in [2.75, 3.05) is 12.4 Å². The molecule has 2 rings (SSSR count). The van der Waals surface area contributed by atoms with E-state index in [-0.39, 0.29) is 0 Å². The molecule has 0 aliphatic heterocycles. The average molecular weight is 298 g/mol. The molecule has 0 spiro atoms. The first-order valence-corrected chi connectivity index (χ1v) is 6.57. The standard InChI is InChI=1S/C12H12BrNOS/c1-15-11-6-7-16-12(11)8-14-10-5-3-2-4-9(10)13/h2-7,14H,8H2,1H3. The highest BCUT2D eigenvalue weighted by Gasteiger charge is 2.04. The molecule has 1 aromatic heterocycles. The first-order chi connectivity index (χ1) is 7.81. The number of nitrogens with one attached hydrogen (secondary N) is 1. The molecule has 4 heteroatoms. The third kappa shape index (κ3) is 2.57. The van der Waals surface area contributed by atoms with Crippen LogP contribution in [0, 0.1) is 0 Å². The van der Waals surface area contributed by atoms with Crippen LogP contribution < -0.4 is 10.1 Å². The summed E-state index contributed by atoms with van der Waals surface area (Å²) >= 11 is 5.20. The highest BCUT2D eigenvalue weighted by molar-refractivity contribution is 9.10. The van der Waals surface area contributed by atoms with E-state index in [1.165, 1.54) is 4.88 Å². The maximum absolute atomic E-state index is 5.26. The smallest absolute Gasteiger partial charge is 0.134 e. The molecule has 1 N–H and O–H groups in total. The minimum atomic E-state index is 0.781. The van der Waals surface area contributed by atoms with Crippen LogP contribution in [0.4, 0.5) is 5.69 Å². The number of hydrogen-bond donors (Lipinski definition) is 1. The maximum atomic E-state index is 5.26. The lowest BCUT2D eigenvalue weighted by molar-refractivity contribution is 0.413. The Morgan fingerprint density at radius 3 is 2.88 bits per heavy atom. The Bertz CT molecular complexity index is 470. The van der Waals surface area contributed by atoms with Crippen LogP contribution in [-0.2, 0) is 6.54 Å². The summed E-state index contributed by atoms with van der Waals surface area (Å²) in [5, 5.41) is 5.41. The topological polar surface area (TPSA) is 21.3 Å². The fourth-order valence-electron chi connectivity index (χ4n) is 1.42. The van der Waals surface area contributed by atoms with Crippen molar-refractivity contribution in [3.05, 3.63) is 45.1 Å². The first kappa shape index (κ1) is 11.5. The molecule has 0 unspecified atom stereocenters. The van der Waals surface area contributed by atoms with Crippen LogP contribution in [0.25, 0.3) is 0 Å². The normalized spacial score (nSPS) is 10.1. The zero-order chi connectivity index (χ0) is 11.4. The number of benzene rings is 1. The Morgan fingerprint density at radius 1 is 1.31 bits per heavy atom. The Kier molecular flexibility index (Phi) is 3.85. The molecule has 16 heavy (non-hydrogen) atoms. The van der Waals surface area contributed by atoms with E-state index in [9.17, 15) is 0 Å². The van der Waals surface area contributed by atoms with Crippen molar-refractivity contribution in [2.24, 2.45) is 0 Å². The van der Waals surface area contributed by atoms with E-state index in [1.54, 1.807) is 18.4 Å². The molecule has 2 nitrogen and oxygen atoms in total. The zero-order valence-corrected chi connectivity index (χ0v) is 11.3. The molecular weight excluding hydrogens is 286 g/mol. The number of anilines is 1. The van der Waals surface area contributed by atoms with Gasteiger partial charge in [0.2, 0.25) is 0 Å². The van der Waals surface area contributed by atoms with Gasteiger partial charge in [0.05, 0.1) is 18.5 Å². The van der Waals surface area contributed by atoms with Crippen LogP contribution in [-0.4, -0.2) is 7.11 Å². The van der Waals surface area contributed by atoms with Crippen LogP contribution in [0.3, 0.4) is 0 Å². The van der Waals surface area contributed by atoms with Crippen LogP contribution >= 0.6 is 27.3 Å². The largest absolute Gasteiger partial charge is 0.496 e. The Morgan fingerprint density at radius 2 is 2.12 bits per heavy atom. The average Bonchev–Trinajstić information content (AvgIpc) is 2.75. The van der Waals surface area contributed by atoms with Gasteiger partial charge in [0.15, 0.2) is 0 Å². The number of methoxy groups -OCH3 is 1. The van der Waals surface area contributed by atoms with E-state index in [2.05, 4.69) is 21.2 Å². The maximum Gasteiger partial charge on any atom is 0.134 e. The predicted molar refractivity (Wildman–Crippen MR) is 72.3 cm³/mol. The van der Waals surface area contributed by atoms with Gasteiger partial charge in [-0.2, -0.15) is 0 Å². The fraction of sp³-hybridized carbons (Fsp3) is 0.167. The first-order valence-electron chi connectivity index (χ1n) is 4.90. The highest BCUT2D eigenvalue weighted by Crippen LogP contribution is 2.27. The molecule has 0 atom stereocenters. The molecule has 0 amide bonds. The van der Waals surface area contributed by atoms with Crippen LogP contribution in [0.1, 0.15) is 4.88 Å². The predicted octanol–water partition coefficient (Wildman–Crippen LogP) is 4.13. The third-order valence-electron chi connectivity index (χ3n) is 2.24. The summed E-state index contributed by atoms with van der Waals surface area (Å²) in [6, 6.07) is 10.1. The zero-order valence-electron chi connectivity index (χ0n) is 8.87. The van der Waals surface area contributed by atoms with Crippen LogP contribution in [0.5, 0.6) is 5.75 Å². The van der Waals surface area contributed by atoms with Crippen molar-refractivity contribution in [1.82, 2.24) is 0 Å². The van der Waals surface area contributed by atoms with E-state index < -0.39 is 0 Å². The van der Waals surface area contributed by atoms with Gasteiger partial charge < -0.3 is 10.1 Å². The molecule has 0 radical (unpaired) electrons. The van der Waals surface area contributed by atoms with Crippen molar-refractivity contribution in [3.63, 3.8) is 0 Å². The van der Waals surface area contributed by atoms with Crippen molar-refractivity contribution in [3.8, 4) is 5.75 Å². The molecule has 1 heterocycles. The van der Waals surface area contributed by atoms with E-state index >= 15 is 0 Å². The molecule has 0 saturated heterocycles. The lowest BCUT2D eigenvalue weighted by Crippen LogP contribution is -1.99. The lowest BCUT2D eigenvalue weighted by atomic mass is 10.3. The summed E-state index contributed by atoms with van der Waals surface area (Å²) in [7, 11) is 1.70. The fourth-order valence-corrected chi connectivity index (χ4v) is 2.62. The number of hydrogen-bond acceptors (Lipinski definition) is 3. The van der Waals surface area contributed by atoms with Crippen molar-refractivity contribution < 1.29 is 4.74 Å². The third-order valence-corrected chi connectivity index (χ3v) is 3.83. The van der Waals surface area contributed by atoms with Crippen molar-refractivity contribution >= 4 is 33.0 Å². The summed E-state index contributed by atoms with van der Waals surface area (Å²) < 4.78 is 6.34. The molecule has 0 aliphatic rings. The van der Waals surface area contributed by atoms with E-state index in [4.69, 9.17) is 4.74 Å². The van der Waals surface area contributed by atoms with Gasteiger partial charge in [0, 0.05) is 10.2 Å². The minimum absolute atomic E-state index is 0.781. The Balaban J connectivity index is 2.05. The van der Waals surface area contributed by atoms with Gasteiger partial charge in [-0.25, -0.2) is 0 Å². The number of rotatable bonds is 4. The number of thiophene rings is 1. The van der Waals surface area contributed by atoms with Crippen molar-refractivity contribution in [2.45, 2.75) is 6.54 Å². The molecular formula is C12H12BrNOS. The SMILES string of the molecule is COc1ccsc1CNc1ccccc1Br. The van der Waals surface area contributed by atoms with E-state index in [1.807, 2.05) is 35.7 Å². The molecule has 1 aromatic carbocycles. The molecule has 2 aromatic rings. The quantitative estimate of drug-likeness (QED) is 0.916. The lowest BCUT2D eigenvalue weighted by Gasteiger charge is -2.08. The van der Waals surface area contributed by atoms with Crippen LogP contribution in [0.2, 0.25) is 0 Å². The second kappa shape index (κ2) is 5.37. The molecule has 0 fully saturated rings. The van der Waals surface area contributed by atoms with Gasteiger partial charge in [-0.05, 0) is 39.5 Å². The van der Waals surface area contributed by atoms with Gasteiger partial charge in [0.25, 0.3) is 0 Å². The van der Waals surface area contributed by atoms with Gasteiger partial charge >= 0.3 is 0 Å². The molecule has 0 bridgehead atoms. The van der Waals surface area contributed by atoms with Gasteiger partial charge in [-0.3, -0.25) is 0 Å². The minimum Gasteiger partial charge on any atom is -0.496 e. The number of halogens is 1. The highest BCUT2D eigenvalue weighted by atomic mass is 79.9. The van der Waals surface area contributed by atoms with Crippen molar-refractivity contribution in [1.29, 1.82) is 0 Å². The second-order valence-corrected chi connectivity index (χ2v) is 5.10. The number of ether oxygens (including phenoxy) is 1. The summed E-state index contributed by atoms with van der Waals surface area (Å²) in [5.41, 5.74) is 1.10. The molecule has 0 aliphatic carbocycles. The number of para-hydroxylation sites is 1. The summed E-state index contributed by atoms with van der Waals surface area (Å²) in [5.74, 6) is 0.949. The Labute approximate surface area is 107 Å². The van der Waals surface area contributed by atoms with Gasteiger partial charge in [-0.1, -0.05) is 12.1 Å². The summed E-state index contributed by atoms with van der Waals surface area (Å²) in [6.07, 6.45) is 0. The Hall–Kier alpha value is -1.00. The van der Waals surface area contributed by atoms with Gasteiger partial charge in [-0.15, -0.1) is 11.3 Å². The summed E-state index contributed by atoms with van der Waals surface area (Å²) in [4.78, 5) is 1.21. The van der Waals surface area contributed by atoms with Crippen LogP contribution in [0.15, 0.2) is 40.2 Å². The van der Waals surface area contributed by atoms with Gasteiger partial charge in [0.1, 0.15) is 5.75 Å².